The van der Waals surface area contributed by atoms with Gasteiger partial charge in [-0.1, -0.05) is 40.9 Å². The van der Waals surface area contributed by atoms with Gasteiger partial charge < -0.3 is 10.0 Å². The first kappa shape index (κ1) is 20.6. The van der Waals surface area contributed by atoms with Crippen LogP contribution in [0.5, 0.6) is 0 Å². The maximum absolute atomic E-state index is 12.1. The molecule has 0 amide bonds. The Balaban J connectivity index is 1.50. The monoisotopic (exact) mass is 470 g/mol. The molecule has 152 valence electrons. The van der Waals surface area contributed by atoms with Crippen LogP contribution in [0.15, 0.2) is 35.8 Å². The van der Waals surface area contributed by atoms with E-state index in [0.717, 1.165) is 15.8 Å². The van der Waals surface area contributed by atoms with E-state index in [9.17, 15) is 9.90 Å². The number of nitrogens with one attached hydrogen (secondary N) is 1. The number of aromatic nitrogens is 2. The number of hydrogen-bond donors (Lipinski definition) is 2. The van der Waals surface area contributed by atoms with Gasteiger partial charge in [0, 0.05) is 31.1 Å². The van der Waals surface area contributed by atoms with Crippen molar-refractivity contribution in [2.24, 2.45) is 0 Å². The zero-order valence-corrected chi connectivity index (χ0v) is 18.2. The second-order valence-corrected chi connectivity index (χ2v) is 9.14. The van der Waals surface area contributed by atoms with Crippen LogP contribution in [0.1, 0.15) is 18.4 Å². The fourth-order valence-corrected chi connectivity index (χ4v) is 4.92. The Morgan fingerprint density at radius 1 is 1.34 bits per heavy atom. The first-order valence-electron chi connectivity index (χ1n) is 8.91. The van der Waals surface area contributed by atoms with Crippen LogP contribution in [0.25, 0.3) is 10.2 Å². The molecule has 3 heterocycles. The molecular weight excluding hydrogens is 455 g/mol. The molecule has 0 aliphatic carbocycles. The second-order valence-electron chi connectivity index (χ2n) is 6.92. The van der Waals surface area contributed by atoms with Gasteiger partial charge in [-0.25, -0.2) is 9.97 Å². The summed E-state index contributed by atoms with van der Waals surface area (Å²) in [7, 11) is 0. The number of benzene rings is 1. The van der Waals surface area contributed by atoms with E-state index in [1.54, 1.807) is 18.3 Å². The molecule has 2 atom stereocenters. The molecule has 1 saturated heterocycles. The lowest BCUT2D eigenvalue weighted by Gasteiger charge is -2.42. The fourth-order valence-electron chi connectivity index (χ4n) is 3.41. The number of alkyl halides is 1. The molecule has 1 aliphatic heterocycles. The third-order valence-corrected chi connectivity index (χ3v) is 7.06. The number of fused-ring (bicyclic) bond motifs is 1. The minimum atomic E-state index is -1.15. The van der Waals surface area contributed by atoms with Gasteiger partial charge in [0.2, 0.25) is 5.95 Å². The van der Waals surface area contributed by atoms with Gasteiger partial charge in [0.25, 0.3) is 0 Å². The second kappa shape index (κ2) is 8.24. The van der Waals surface area contributed by atoms with Crippen molar-refractivity contribution < 1.29 is 9.90 Å². The van der Waals surface area contributed by atoms with Crippen molar-refractivity contribution in [2.45, 2.75) is 30.4 Å². The molecule has 1 fully saturated rings. The molecule has 4 rings (SSSR count). The minimum Gasteiger partial charge on any atom is -0.480 e. The third-order valence-electron chi connectivity index (χ3n) is 5.11. The van der Waals surface area contributed by atoms with Crippen molar-refractivity contribution in [3.63, 3.8) is 0 Å². The number of carbonyl (C=O) groups is 1. The van der Waals surface area contributed by atoms with Crippen LogP contribution >= 0.6 is 46.1 Å². The molecule has 0 radical (unpaired) electrons. The molecule has 29 heavy (non-hydrogen) atoms. The number of hydrogen-bond acceptors (Lipinski definition) is 6. The third kappa shape index (κ3) is 4.15. The highest BCUT2D eigenvalue weighted by Crippen LogP contribution is 2.33. The van der Waals surface area contributed by atoms with Gasteiger partial charge in [0.05, 0.1) is 10.0 Å². The number of piperidine rings is 1. The quantitative estimate of drug-likeness (QED) is 0.412. The van der Waals surface area contributed by atoms with Crippen molar-refractivity contribution >= 4 is 68.3 Å². The molecule has 6 nitrogen and oxygen atoms in total. The number of halogens is 3. The Bertz CT molecular complexity index is 1060. The summed E-state index contributed by atoms with van der Waals surface area (Å²) >= 11 is 20.1. The Morgan fingerprint density at radius 2 is 2.17 bits per heavy atom. The summed E-state index contributed by atoms with van der Waals surface area (Å²) in [5.41, 5.74) is -0.860. The smallest absolute Gasteiger partial charge is 0.324 e. The number of carboxylic acid groups (broad SMARTS) is 1. The fraction of sp³-hybridized carbons (Fsp3) is 0.316. The van der Waals surface area contributed by atoms with Crippen molar-refractivity contribution in [1.29, 1.82) is 0 Å². The minimum absolute atomic E-state index is 0.205. The van der Waals surface area contributed by atoms with E-state index < -0.39 is 17.0 Å². The van der Waals surface area contributed by atoms with Crippen molar-refractivity contribution in [3.05, 3.63) is 51.5 Å². The standard InChI is InChI=1S/C19H17Cl3N4O2S/c20-13-2-1-11(7-14(13)21)9-24-19(17(27)28)4-5-26(15(22)8-19)18-23-10-12-3-6-29-16(12)25-18/h1-3,6-7,10,15,24H,4-5,8-9H2,(H,27,28). The summed E-state index contributed by atoms with van der Waals surface area (Å²) in [6.45, 7) is 0.760. The lowest BCUT2D eigenvalue weighted by molar-refractivity contribution is -0.146. The predicted molar refractivity (Wildman–Crippen MR) is 117 cm³/mol. The number of nitrogens with zero attached hydrogens (tertiary/aromatic N) is 3. The molecule has 0 saturated carbocycles. The summed E-state index contributed by atoms with van der Waals surface area (Å²) < 4.78 is 0. The summed E-state index contributed by atoms with van der Waals surface area (Å²) in [5.74, 6) is -0.416. The topological polar surface area (TPSA) is 78.4 Å². The summed E-state index contributed by atoms with van der Waals surface area (Å²) in [4.78, 5) is 23.8. The molecule has 10 heteroatoms. The molecule has 3 aromatic rings. The lowest BCUT2D eigenvalue weighted by Crippen LogP contribution is -2.60. The molecule has 1 aliphatic rings. The highest BCUT2D eigenvalue weighted by molar-refractivity contribution is 7.16. The van der Waals surface area contributed by atoms with E-state index in [4.69, 9.17) is 34.8 Å². The Labute approximate surface area is 186 Å². The molecule has 2 aromatic heterocycles. The molecular formula is C19H17Cl3N4O2S. The van der Waals surface area contributed by atoms with Crippen LogP contribution in [0.3, 0.4) is 0 Å². The Morgan fingerprint density at radius 3 is 2.90 bits per heavy atom. The Kier molecular flexibility index (Phi) is 5.86. The maximum atomic E-state index is 12.1. The molecule has 0 bridgehead atoms. The Hall–Kier alpha value is -1.64. The molecule has 2 unspecified atom stereocenters. The lowest BCUT2D eigenvalue weighted by atomic mass is 9.87. The van der Waals surface area contributed by atoms with E-state index in [0.29, 0.717) is 35.5 Å². The number of anilines is 1. The van der Waals surface area contributed by atoms with Crippen LogP contribution in [0, 0.1) is 0 Å². The summed E-state index contributed by atoms with van der Waals surface area (Å²) in [5, 5.41) is 16.9. The van der Waals surface area contributed by atoms with E-state index in [2.05, 4.69) is 15.3 Å². The van der Waals surface area contributed by atoms with Gasteiger partial charge in [-0.15, -0.1) is 11.3 Å². The summed E-state index contributed by atoms with van der Waals surface area (Å²) in [6.07, 6.45) is 2.33. The average Bonchev–Trinajstić information content (AvgIpc) is 3.16. The zero-order chi connectivity index (χ0) is 20.6. The van der Waals surface area contributed by atoms with Crippen molar-refractivity contribution in [3.8, 4) is 0 Å². The van der Waals surface area contributed by atoms with E-state index >= 15 is 0 Å². The highest BCUT2D eigenvalue weighted by Gasteiger charge is 2.45. The van der Waals surface area contributed by atoms with Crippen LogP contribution in [-0.2, 0) is 11.3 Å². The van der Waals surface area contributed by atoms with Gasteiger partial charge in [-0.05, 0) is 35.6 Å². The molecule has 2 N–H and O–H groups in total. The first-order valence-corrected chi connectivity index (χ1v) is 11.0. The number of carboxylic acids is 1. The van der Waals surface area contributed by atoms with Gasteiger partial charge in [0.15, 0.2) is 0 Å². The first-order chi connectivity index (χ1) is 13.9. The van der Waals surface area contributed by atoms with E-state index in [1.807, 2.05) is 22.4 Å². The number of rotatable bonds is 5. The maximum Gasteiger partial charge on any atom is 0.324 e. The average molecular weight is 472 g/mol. The summed E-state index contributed by atoms with van der Waals surface area (Å²) in [6, 6.07) is 7.19. The zero-order valence-electron chi connectivity index (χ0n) is 15.1. The number of thiophene rings is 1. The number of aliphatic carboxylic acids is 1. The SMILES string of the molecule is O=C(O)C1(NCc2ccc(Cl)c(Cl)c2)CCN(c2ncc3ccsc3n2)C(Cl)C1. The highest BCUT2D eigenvalue weighted by atomic mass is 35.5. The van der Waals surface area contributed by atoms with E-state index in [1.165, 1.54) is 11.3 Å². The van der Waals surface area contributed by atoms with E-state index in [-0.39, 0.29) is 6.42 Å². The van der Waals surface area contributed by atoms with Gasteiger partial charge in [-0.3, -0.25) is 10.1 Å². The largest absolute Gasteiger partial charge is 0.480 e. The van der Waals surface area contributed by atoms with Crippen LogP contribution in [0.2, 0.25) is 10.0 Å². The van der Waals surface area contributed by atoms with Crippen molar-refractivity contribution in [2.75, 3.05) is 11.4 Å². The van der Waals surface area contributed by atoms with Gasteiger partial charge >= 0.3 is 5.97 Å². The normalized spacial score (nSPS) is 22.2. The molecule has 1 aromatic carbocycles. The van der Waals surface area contributed by atoms with Crippen LogP contribution in [-0.4, -0.2) is 38.6 Å². The molecule has 0 spiro atoms. The van der Waals surface area contributed by atoms with Crippen LogP contribution in [0.4, 0.5) is 5.95 Å². The van der Waals surface area contributed by atoms with Gasteiger partial charge in [0.1, 0.15) is 15.9 Å². The predicted octanol–water partition coefficient (Wildman–Crippen LogP) is 4.78. The van der Waals surface area contributed by atoms with Crippen molar-refractivity contribution in [1.82, 2.24) is 15.3 Å². The van der Waals surface area contributed by atoms with Gasteiger partial charge in [-0.2, -0.15) is 0 Å². The van der Waals surface area contributed by atoms with Crippen LogP contribution < -0.4 is 10.2 Å².